The number of hydrogen-bond donors (Lipinski definition) is 2. The second kappa shape index (κ2) is 13.5. The van der Waals surface area contributed by atoms with Crippen molar-refractivity contribution >= 4 is 51.9 Å². The Kier molecular flexibility index (Phi) is 14.1. The van der Waals surface area contributed by atoms with Crippen LogP contribution in [-0.2, 0) is 26.1 Å². The summed E-state index contributed by atoms with van der Waals surface area (Å²) in [6.45, 7) is 0. The summed E-state index contributed by atoms with van der Waals surface area (Å²) in [6.07, 6.45) is 0. The van der Waals surface area contributed by atoms with Gasteiger partial charge in [0, 0.05) is 0 Å². The van der Waals surface area contributed by atoms with Gasteiger partial charge in [-0.1, -0.05) is 0 Å². The van der Waals surface area contributed by atoms with Gasteiger partial charge in [-0.05, 0) is 0 Å². The maximum absolute atomic E-state index is 12.2. The number of benzene rings is 3. The van der Waals surface area contributed by atoms with Gasteiger partial charge in [0.1, 0.15) is 0 Å². The molecule has 12 heteroatoms. The minimum absolute atomic E-state index is 0. The molecule has 0 atom stereocenters. The molecule has 1 aliphatic carbocycles. The molecule has 0 fully saturated rings. The van der Waals surface area contributed by atoms with Crippen LogP contribution in [0.5, 0.6) is 5.75 Å². The Bertz CT molecular complexity index is 1340. The van der Waals surface area contributed by atoms with Crippen LogP contribution in [0.25, 0.3) is 33.4 Å². The predicted octanol–water partition coefficient (Wildman–Crippen LogP) is -4.81. The van der Waals surface area contributed by atoms with Crippen LogP contribution in [0.1, 0.15) is 14.6 Å². The summed E-state index contributed by atoms with van der Waals surface area (Å²) in [5.74, 6) is -0.606. The summed E-state index contributed by atoms with van der Waals surface area (Å²) in [5.41, 5.74) is 2.13. The number of carbonyl (C=O) groups is 1. The summed E-state index contributed by atoms with van der Waals surface area (Å²) >= 11 is 6.64. The molecule has 2 aromatic carbocycles. The molecule has 0 radical (unpaired) electrons. The normalized spacial score (nSPS) is 9.88. The molecule has 32 heavy (non-hydrogen) atoms. The maximum atomic E-state index is 12.2. The van der Waals surface area contributed by atoms with Crippen LogP contribution in [0.3, 0.4) is 0 Å². The minimum Gasteiger partial charge on any atom is -1.00 e. The van der Waals surface area contributed by atoms with Crippen LogP contribution in [0.15, 0.2) is 60.6 Å². The fourth-order valence-corrected chi connectivity index (χ4v) is 6.80. The van der Waals surface area contributed by atoms with Crippen LogP contribution in [0.4, 0.5) is 0 Å². The van der Waals surface area contributed by atoms with Crippen molar-refractivity contribution in [1.29, 1.82) is 0 Å². The van der Waals surface area contributed by atoms with Crippen molar-refractivity contribution in [2.24, 2.45) is 0 Å². The topological polar surface area (TPSA) is 119 Å². The van der Waals surface area contributed by atoms with Gasteiger partial charge in [0.25, 0.3) is 0 Å². The molecule has 4 rings (SSSR count). The van der Waals surface area contributed by atoms with Crippen LogP contribution in [0.2, 0.25) is 0 Å². The number of fused-ring (bicyclic) bond motifs is 2. The molecule has 0 aromatic heterocycles. The fraction of sp³-hybridized carbons (Fsp3) is 0. The Morgan fingerprint density at radius 2 is 1.62 bits per heavy atom. The molecule has 2 aromatic rings. The smallest absolute Gasteiger partial charge is 1.00 e. The predicted molar refractivity (Wildman–Crippen MR) is 115 cm³/mol. The van der Waals surface area contributed by atoms with Gasteiger partial charge < -0.3 is 9.76 Å². The molecule has 0 spiro atoms. The van der Waals surface area contributed by atoms with Crippen molar-refractivity contribution in [3.8, 4) is 28.2 Å². The van der Waals surface area contributed by atoms with Crippen LogP contribution in [0, 0.1) is 0 Å². The first kappa shape index (κ1) is 33.3. The van der Waals surface area contributed by atoms with E-state index in [1.807, 2.05) is 0 Å². The number of carboxylic acids is 1. The van der Waals surface area contributed by atoms with E-state index in [4.69, 9.17) is 4.42 Å². The molecule has 1 heterocycles. The molecular weight excluding hydrogens is 766 g/mol. The van der Waals surface area contributed by atoms with Gasteiger partial charge in [0.15, 0.2) is 0 Å². The van der Waals surface area contributed by atoms with Crippen molar-refractivity contribution in [3.05, 3.63) is 67.2 Å². The van der Waals surface area contributed by atoms with Crippen molar-refractivity contribution in [3.63, 3.8) is 0 Å². The number of carboxylic acid groups (broad SMARTS) is 1. The van der Waals surface area contributed by atoms with E-state index in [0.717, 1.165) is 0 Å². The molecule has 1 aliphatic heterocycles. The van der Waals surface area contributed by atoms with Gasteiger partial charge in [-0.15, -0.1) is 0 Å². The zero-order chi connectivity index (χ0) is 20.2. The van der Waals surface area contributed by atoms with Crippen molar-refractivity contribution < 1.29 is 144 Å². The first-order valence-corrected chi connectivity index (χ1v) is 12.4. The van der Waals surface area contributed by atoms with E-state index in [-0.39, 0.29) is 141 Å². The molecular formula is C20H14Br2HgNa3O6. The average Bonchev–Trinajstić information content (AvgIpc) is 2.66. The zero-order valence-corrected chi connectivity index (χ0v) is 32.3. The molecule has 0 saturated carbocycles. The quantitative estimate of drug-likeness (QED) is 0.157. The van der Waals surface area contributed by atoms with E-state index in [9.17, 15) is 19.8 Å². The molecule has 0 amide bonds. The third kappa shape index (κ3) is 6.14. The first-order valence-electron chi connectivity index (χ1n) is 8.05. The van der Waals surface area contributed by atoms with E-state index in [1.54, 1.807) is 30.3 Å². The number of phenols is 1. The Balaban J connectivity index is -0.000000686. The third-order valence-corrected chi connectivity index (χ3v) is 8.29. The minimum atomic E-state index is -1.05. The van der Waals surface area contributed by atoms with Gasteiger partial charge in [-0.2, -0.15) is 0 Å². The second-order valence-corrected chi connectivity index (χ2v) is 10.6. The molecule has 2 aliphatic rings. The fourth-order valence-electron chi connectivity index (χ4n) is 3.22. The van der Waals surface area contributed by atoms with Gasteiger partial charge in [-0.25, -0.2) is 0 Å². The molecule has 4 N–H and O–H groups in total. The van der Waals surface area contributed by atoms with Gasteiger partial charge >= 0.3 is 281 Å². The Morgan fingerprint density at radius 1 is 1.00 bits per heavy atom. The molecule has 0 saturated heterocycles. The zero-order valence-electron chi connectivity index (χ0n) is 20.6. The number of phenolic OH excluding ortho intramolecular Hbond substituents is 1. The first-order chi connectivity index (χ1) is 13.3. The van der Waals surface area contributed by atoms with E-state index >= 15 is 0 Å². The average molecular weight is 780 g/mol. The summed E-state index contributed by atoms with van der Waals surface area (Å²) < 4.78 is 7.55. The van der Waals surface area contributed by atoms with Crippen molar-refractivity contribution in [2.75, 3.05) is 0 Å². The van der Waals surface area contributed by atoms with Crippen molar-refractivity contribution in [2.45, 2.75) is 0 Å². The van der Waals surface area contributed by atoms with Crippen molar-refractivity contribution in [1.82, 2.24) is 0 Å². The SMILES string of the molecule is O.O=C(O)c1ccccc1-c1c2cc(Br)c(=O)cc-2oc2[c]([Hg])c(O)c(Br)cc12.[H-].[H-].[H-].[Na+].[Na+].[Na+]. The second-order valence-electron chi connectivity index (χ2n) is 6.17. The summed E-state index contributed by atoms with van der Waals surface area (Å²) in [7, 11) is 0. The molecule has 149 valence electrons. The summed E-state index contributed by atoms with van der Waals surface area (Å²) in [4.78, 5) is 24.0. The van der Waals surface area contributed by atoms with Crippen LogP contribution >= 0.6 is 31.9 Å². The molecule has 6 nitrogen and oxygen atoms in total. The monoisotopic (exact) mass is 779 g/mol. The maximum Gasteiger partial charge on any atom is 1.00 e. The van der Waals surface area contributed by atoms with Gasteiger partial charge in [0.2, 0.25) is 0 Å². The molecule has 0 bridgehead atoms. The largest absolute Gasteiger partial charge is 1.00 e. The van der Waals surface area contributed by atoms with E-state index < -0.39 is 5.97 Å². The number of rotatable bonds is 2. The Morgan fingerprint density at radius 3 is 2.25 bits per heavy atom. The number of halogens is 2. The molecule has 0 unspecified atom stereocenters. The summed E-state index contributed by atoms with van der Waals surface area (Å²) in [5, 5.41) is 20.7. The number of aromatic hydroxyl groups is 1. The third-order valence-electron chi connectivity index (χ3n) is 4.51. The Hall–Kier alpha value is 1.26. The number of aromatic carboxylic acids is 1. The van der Waals surface area contributed by atoms with Gasteiger partial charge in [-0.3, -0.25) is 0 Å². The van der Waals surface area contributed by atoms with Gasteiger partial charge in [0.05, 0.1) is 0 Å². The van der Waals surface area contributed by atoms with Crippen LogP contribution in [-0.4, -0.2) is 21.7 Å². The Labute approximate surface area is 286 Å². The number of hydrogen-bond acceptors (Lipinski definition) is 4. The van der Waals surface area contributed by atoms with E-state index in [0.29, 0.717) is 45.4 Å². The van der Waals surface area contributed by atoms with Crippen LogP contribution < -0.4 is 97.2 Å². The van der Waals surface area contributed by atoms with E-state index in [1.165, 1.54) is 12.1 Å². The standard InChI is InChI=1S/C20H9Br2O5.Hg.3Na.H2O.3H/c21-13-5-11-17(7-15(13)23)27-18-8-16(24)14(22)6-12(18)19(11)9-3-1-2-4-10(9)20(25)26;;;;;;;;/h1-7,24H,(H,25,26);;;;;1H2;;;/q;;3*+1;;3*-1. The summed E-state index contributed by atoms with van der Waals surface area (Å²) in [6, 6.07) is 11.4. The van der Waals surface area contributed by atoms with E-state index in [2.05, 4.69) is 31.9 Å².